The maximum Gasteiger partial charge on any atom is 0.298 e. The molecule has 3 rings (SSSR count). The number of benzene rings is 2. The third kappa shape index (κ3) is 1.52. The van der Waals surface area contributed by atoms with Crippen LogP contribution in [0.4, 0.5) is 0 Å². The molecule has 0 aromatic heterocycles. The van der Waals surface area contributed by atoms with Gasteiger partial charge < -0.3 is 5.11 Å². The van der Waals surface area contributed by atoms with Gasteiger partial charge in [-0.25, -0.2) is 0 Å². The maximum atomic E-state index is 11.1. The van der Waals surface area contributed by atoms with Crippen LogP contribution in [0.3, 0.4) is 0 Å². The highest BCUT2D eigenvalue weighted by Gasteiger charge is 2.26. The van der Waals surface area contributed by atoms with E-state index in [1.807, 2.05) is 24.3 Å². The van der Waals surface area contributed by atoms with Crippen molar-refractivity contribution in [3.8, 4) is 16.9 Å². The van der Waals surface area contributed by atoms with Crippen LogP contribution in [0.2, 0.25) is 0 Å². The summed E-state index contributed by atoms with van der Waals surface area (Å²) in [5.41, 5.74) is 3.39. The quantitative estimate of drug-likeness (QED) is 0.659. The molecule has 4 nitrogen and oxygen atoms in total. The Labute approximate surface area is 104 Å². The Hall–Kier alpha value is -1.85. The van der Waals surface area contributed by atoms with Crippen LogP contribution >= 0.6 is 0 Å². The topological polar surface area (TPSA) is 74.6 Å². The monoisotopic (exact) mass is 262 g/mol. The summed E-state index contributed by atoms with van der Waals surface area (Å²) in [6.45, 7) is 0. The fourth-order valence-corrected chi connectivity index (χ4v) is 2.99. The summed E-state index contributed by atoms with van der Waals surface area (Å²) in [5.74, 6) is -0.355. The minimum Gasteiger partial charge on any atom is -0.506 e. The van der Waals surface area contributed by atoms with Crippen LogP contribution in [-0.2, 0) is 16.5 Å². The number of rotatable bonds is 1. The lowest BCUT2D eigenvalue weighted by Gasteiger charge is -2.06. The molecule has 0 saturated heterocycles. The highest BCUT2D eigenvalue weighted by molar-refractivity contribution is 7.86. The van der Waals surface area contributed by atoms with E-state index in [2.05, 4.69) is 0 Å². The average molecular weight is 262 g/mol. The van der Waals surface area contributed by atoms with Crippen molar-refractivity contribution >= 4 is 10.1 Å². The molecule has 2 aromatic carbocycles. The highest BCUT2D eigenvalue weighted by atomic mass is 32.2. The van der Waals surface area contributed by atoms with Gasteiger partial charge in [-0.05, 0) is 22.8 Å². The summed E-state index contributed by atoms with van der Waals surface area (Å²) in [6, 6.07) is 10.5. The van der Waals surface area contributed by atoms with Gasteiger partial charge in [0, 0.05) is 12.0 Å². The van der Waals surface area contributed by atoms with Gasteiger partial charge in [0.2, 0.25) is 0 Å². The van der Waals surface area contributed by atoms with Crippen LogP contribution in [0.1, 0.15) is 11.1 Å². The van der Waals surface area contributed by atoms with E-state index in [1.54, 1.807) is 6.07 Å². The summed E-state index contributed by atoms with van der Waals surface area (Å²) in [4.78, 5) is -0.436. The molecule has 0 radical (unpaired) electrons. The van der Waals surface area contributed by atoms with E-state index in [4.69, 9.17) is 4.55 Å². The molecule has 2 aromatic rings. The van der Waals surface area contributed by atoms with Crippen molar-refractivity contribution in [3.05, 3.63) is 47.5 Å². The zero-order valence-electron chi connectivity index (χ0n) is 9.29. The fraction of sp³-hybridized carbons (Fsp3) is 0.0769. The van der Waals surface area contributed by atoms with Crippen LogP contribution in [-0.4, -0.2) is 18.1 Å². The second-order valence-corrected chi connectivity index (χ2v) is 5.64. The Balaban J connectivity index is 2.28. The Morgan fingerprint density at radius 1 is 1.00 bits per heavy atom. The number of hydrogen-bond acceptors (Lipinski definition) is 3. The van der Waals surface area contributed by atoms with Crippen molar-refractivity contribution in [2.75, 3.05) is 0 Å². The van der Waals surface area contributed by atoms with Crippen molar-refractivity contribution in [1.29, 1.82) is 0 Å². The molecule has 0 spiro atoms. The normalized spacial score (nSPS) is 13.2. The Kier molecular flexibility index (Phi) is 2.23. The number of phenolic OH excluding ortho intramolecular Hbond substituents is 1. The molecule has 0 bridgehead atoms. The molecule has 5 heteroatoms. The van der Waals surface area contributed by atoms with Gasteiger partial charge in [-0.1, -0.05) is 30.3 Å². The first-order valence-corrected chi connectivity index (χ1v) is 6.83. The van der Waals surface area contributed by atoms with Crippen LogP contribution in [0.15, 0.2) is 41.3 Å². The molecular weight excluding hydrogens is 252 g/mol. The zero-order chi connectivity index (χ0) is 12.9. The van der Waals surface area contributed by atoms with E-state index in [1.165, 1.54) is 6.07 Å². The van der Waals surface area contributed by atoms with Crippen LogP contribution in [0.5, 0.6) is 5.75 Å². The molecule has 0 fully saturated rings. The predicted molar refractivity (Wildman–Crippen MR) is 66.2 cm³/mol. The molecule has 1 aliphatic carbocycles. The Morgan fingerprint density at radius 2 is 1.72 bits per heavy atom. The lowest BCUT2D eigenvalue weighted by atomic mass is 10.1. The van der Waals surface area contributed by atoms with Gasteiger partial charge in [0.25, 0.3) is 10.1 Å². The number of fused-ring (bicyclic) bond motifs is 3. The van der Waals surface area contributed by atoms with Crippen molar-refractivity contribution < 1.29 is 18.1 Å². The molecule has 0 amide bonds. The molecule has 0 unspecified atom stereocenters. The Bertz CT molecular complexity index is 748. The summed E-state index contributed by atoms with van der Waals surface area (Å²) in [7, 11) is -4.39. The molecule has 2 N–H and O–H groups in total. The third-order valence-electron chi connectivity index (χ3n) is 3.20. The van der Waals surface area contributed by atoms with Crippen LogP contribution < -0.4 is 0 Å². The minimum atomic E-state index is -4.39. The smallest absolute Gasteiger partial charge is 0.298 e. The maximum absolute atomic E-state index is 11.1. The van der Waals surface area contributed by atoms with E-state index in [-0.39, 0.29) is 5.75 Å². The largest absolute Gasteiger partial charge is 0.506 e. The Morgan fingerprint density at radius 3 is 2.44 bits per heavy atom. The fourth-order valence-electron chi connectivity index (χ4n) is 2.38. The van der Waals surface area contributed by atoms with Gasteiger partial charge >= 0.3 is 0 Å². The van der Waals surface area contributed by atoms with Gasteiger partial charge in [-0.2, -0.15) is 8.42 Å². The molecular formula is C13H10O4S. The van der Waals surface area contributed by atoms with E-state index in [0.717, 1.165) is 16.7 Å². The molecule has 0 atom stereocenters. The van der Waals surface area contributed by atoms with Gasteiger partial charge in [-0.3, -0.25) is 4.55 Å². The van der Waals surface area contributed by atoms with Gasteiger partial charge in [-0.15, -0.1) is 0 Å². The first kappa shape index (κ1) is 11.3. The summed E-state index contributed by atoms with van der Waals surface area (Å²) in [5, 5.41) is 9.98. The van der Waals surface area contributed by atoms with Crippen molar-refractivity contribution in [3.63, 3.8) is 0 Å². The van der Waals surface area contributed by atoms with E-state index in [9.17, 15) is 13.5 Å². The summed E-state index contributed by atoms with van der Waals surface area (Å²) >= 11 is 0. The minimum absolute atomic E-state index is 0.355. The number of phenols is 1. The van der Waals surface area contributed by atoms with Crippen molar-refractivity contribution in [2.24, 2.45) is 0 Å². The number of aromatic hydroxyl groups is 1. The van der Waals surface area contributed by atoms with Gasteiger partial charge in [0.05, 0.1) is 0 Å². The van der Waals surface area contributed by atoms with Gasteiger partial charge in [0.15, 0.2) is 0 Å². The summed E-state index contributed by atoms with van der Waals surface area (Å²) < 4.78 is 31.3. The first-order valence-electron chi connectivity index (χ1n) is 5.39. The first-order chi connectivity index (χ1) is 8.48. The van der Waals surface area contributed by atoms with E-state index in [0.29, 0.717) is 12.0 Å². The van der Waals surface area contributed by atoms with Gasteiger partial charge in [0.1, 0.15) is 10.6 Å². The van der Waals surface area contributed by atoms with Crippen LogP contribution in [0.25, 0.3) is 11.1 Å². The van der Waals surface area contributed by atoms with E-state index >= 15 is 0 Å². The third-order valence-corrected chi connectivity index (χ3v) is 4.08. The SMILES string of the molecule is O=S(=O)(O)c1ccc2c(c1O)Cc1ccccc1-2. The standard InChI is InChI=1S/C13H10O4S/c14-13-11-7-8-3-1-2-4-9(8)10(11)5-6-12(13)18(15,16)17/h1-6,14H,7H2,(H,15,16,17). The molecule has 92 valence electrons. The predicted octanol–water partition coefficient (Wildman–Crippen LogP) is 2.21. The molecule has 0 saturated carbocycles. The molecule has 0 heterocycles. The second-order valence-electron chi connectivity index (χ2n) is 4.25. The lowest BCUT2D eigenvalue weighted by Crippen LogP contribution is -2.00. The highest BCUT2D eigenvalue weighted by Crippen LogP contribution is 2.43. The molecule has 18 heavy (non-hydrogen) atoms. The second kappa shape index (κ2) is 3.57. The average Bonchev–Trinajstić information content (AvgIpc) is 2.68. The van der Waals surface area contributed by atoms with Crippen molar-refractivity contribution in [2.45, 2.75) is 11.3 Å². The summed E-state index contributed by atoms with van der Waals surface area (Å²) in [6.07, 6.45) is 0.473. The van der Waals surface area contributed by atoms with E-state index < -0.39 is 15.0 Å². The lowest BCUT2D eigenvalue weighted by molar-refractivity contribution is 0.439. The van der Waals surface area contributed by atoms with Crippen LogP contribution in [0, 0.1) is 0 Å². The number of hydrogen-bond donors (Lipinski definition) is 2. The molecule has 0 aliphatic heterocycles. The molecule has 1 aliphatic rings. The zero-order valence-corrected chi connectivity index (χ0v) is 10.1. The van der Waals surface area contributed by atoms with Crippen molar-refractivity contribution in [1.82, 2.24) is 0 Å².